The van der Waals surface area contributed by atoms with E-state index in [4.69, 9.17) is 4.74 Å². The third-order valence-corrected chi connectivity index (χ3v) is 6.01. The molecule has 2 heterocycles. The van der Waals surface area contributed by atoms with E-state index in [0.717, 1.165) is 41.6 Å². The molecule has 0 atom stereocenters. The maximum absolute atomic E-state index is 11.7. The van der Waals surface area contributed by atoms with Crippen LogP contribution < -0.4 is 9.64 Å². The highest BCUT2D eigenvalue weighted by Crippen LogP contribution is 2.32. The van der Waals surface area contributed by atoms with Crippen LogP contribution in [0.4, 0.5) is 16.5 Å². The maximum Gasteiger partial charge on any atom is 0.296 e. The number of anilines is 1. The predicted molar refractivity (Wildman–Crippen MR) is 96.4 cm³/mol. The van der Waals surface area contributed by atoms with Crippen molar-refractivity contribution in [3.63, 3.8) is 0 Å². The Bertz CT molecular complexity index is 878. The molecule has 3 rings (SSSR count). The highest BCUT2D eigenvalue weighted by molar-refractivity contribution is 7.99. The molecule has 0 amide bonds. The zero-order valence-electron chi connectivity index (χ0n) is 13.2. The highest BCUT2D eigenvalue weighted by Gasteiger charge is 2.20. The van der Waals surface area contributed by atoms with Gasteiger partial charge >= 0.3 is 0 Å². The number of thioether (sulfide) groups is 1. The van der Waals surface area contributed by atoms with Gasteiger partial charge in [-0.25, -0.2) is 0 Å². The molecule has 1 saturated heterocycles. The summed E-state index contributed by atoms with van der Waals surface area (Å²) in [6.45, 7) is 1.64. The number of ether oxygens (including phenoxy) is 1. The van der Waals surface area contributed by atoms with Crippen LogP contribution in [0.1, 0.15) is 0 Å². The lowest BCUT2D eigenvalue weighted by molar-refractivity contribution is 0.407. The largest absolute Gasteiger partial charge is 0.472 e. The van der Waals surface area contributed by atoms with E-state index in [2.05, 4.69) is 25.3 Å². The van der Waals surface area contributed by atoms with Crippen LogP contribution in [0.5, 0.6) is 5.19 Å². The van der Waals surface area contributed by atoms with Crippen molar-refractivity contribution in [2.45, 2.75) is 4.90 Å². The van der Waals surface area contributed by atoms with E-state index in [1.54, 1.807) is 6.07 Å². The van der Waals surface area contributed by atoms with Crippen molar-refractivity contribution < 1.29 is 17.7 Å². The molecule has 2 aromatic rings. The third kappa shape index (κ3) is 4.45. The lowest BCUT2D eigenvalue weighted by atomic mass is 10.2. The van der Waals surface area contributed by atoms with Crippen LogP contribution in [-0.4, -0.2) is 54.9 Å². The zero-order chi connectivity index (χ0) is 17.9. The molecule has 1 fully saturated rings. The monoisotopic (exact) mass is 401 g/mol. The second-order valence-corrected chi connectivity index (χ2v) is 8.51. The summed E-state index contributed by atoms with van der Waals surface area (Å²) in [7, 11) is -2.99. The molecule has 1 aliphatic heterocycles. The van der Waals surface area contributed by atoms with Crippen LogP contribution in [0.15, 0.2) is 33.3 Å². The Morgan fingerprint density at radius 2 is 2.00 bits per heavy atom. The summed E-state index contributed by atoms with van der Waals surface area (Å²) >= 11 is 2.92. The van der Waals surface area contributed by atoms with Crippen LogP contribution in [-0.2, 0) is 10.1 Å². The van der Waals surface area contributed by atoms with Gasteiger partial charge in [0.15, 0.2) is 0 Å². The van der Waals surface area contributed by atoms with E-state index in [-0.39, 0.29) is 15.7 Å². The van der Waals surface area contributed by atoms with Gasteiger partial charge in [0.05, 0.1) is 7.11 Å². The van der Waals surface area contributed by atoms with Gasteiger partial charge in [-0.3, -0.25) is 4.55 Å². The second kappa shape index (κ2) is 7.64. The van der Waals surface area contributed by atoms with Gasteiger partial charge in [0.1, 0.15) is 10.6 Å². The molecule has 25 heavy (non-hydrogen) atoms. The van der Waals surface area contributed by atoms with Gasteiger partial charge < -0.3 is 9.64 Å². The normalized spacial score (nSPS) is 15.7. The molecule has 1 aromatic carbocycles. The summed E-state index contributed by atoms with van der Waals surface area (Å²) in [5.41, 5.74) is 0.760. The van der Waals surface area contributed by atoms with Crippen LogP contribution in [0.25, 0.3) is 0 Å². The Balaban J connectivity index is 1.92. The number of hydrogen-bond donors (Lipinski definition) is 1. The Morgan fingerprint density at radius 1 is 1.24 bits per heavy atom. The molecule has 0 aliphatic carbocycles. The molecule has 134 valence electrons. The number of rotatable bonds is 5. The van der Waals surface area contributed by atoms with Crippen LogP contribution in [0, 0.1) is 0 Å². The Morgan fingerprint density at radius 3 is 2.64 bits per heavy atom. The van der Waals surface area contributed by atoms with Gasteiger partial charge in [0.25, 0.3) is 20.4 Å². The molecule has 0 saturated carbocycles. The fraction of sp³-hybridized carbons (Fsp3) is 0.385. The Hall–Kier alpha value is -1.76. The smallest absolute Gasteiger partial charge is 0.296 e. The fourth-order valence-electron chi connectivity index (χ4n) is 2.23. The first-order valence-electron chi connectivity index (χ1n) is 7.21. The lowest BCUT2D eigenvalue weighted by Gasteiger charge is -2.28. The molecule has 12 heteroatoms. The molecule has 1 N–H and O–H groups in total. The Kier molecular flexibility index (Phi) is 5.51. The summed E-state index contributed by atoms with van der Waals surface area (Å²) in [4.78, 5) is 1.78. The Labute approximate surface area is 152 Å². The van der Waals surface area contributed by atoms with Crippen LogP contribution in [0.3, 0.4) is 0 Å². The lowest BCUT2D eigenvalue weighted by Crippen LogP contribution is -2.32. The number of aromatic nitrogens is 2. The number of benzene rings is 1. The van der Waals surface area contributed by atoms with Crippen molar-refractivity contribution in [2.24, 2.45) is 10.2 Å². The van der Waals surface area contributed by atoms with Crippen molar-refractivity contribution in [1.29, 1.82) is 0 Å². The van der Waals surface area contributed by atoms with Crippen LogP contribution in [0.2, 0.25) is 0 Å². The summed E-state index contributed by atoms with van der Waals surface area (Å²) in [5.74, 6) is 1.95. The summed E-state index contributed by atoms with van der Waals surface area (Å²) in [5, 5.41) is 15.7. The zero-order valence-corrected chi connectivity index (χ0v) is 15.6. The van der Waals surface area contributed by atoms with Gasteiger partial charge in [0.2, 0.25) is 0 Å². The van der Waals surface area contributed by atoms with Gasteiger partial charge in [-0.1, -0.05) is 5.10 Å². The van der Waals surface area contributed by atoms with E-state index >= 15 is 0 Å². The van der Waals surface area contributed by atoms with E-state index in [1.165, 1.54) is 19.2 Å². The highest BCUT2D eigenvalue weighted by atomic mass is 32.2. The SMILES string of the molecule is COc1nnc(N=Nc2ccc(N3CCSCC3)cc2S(=O)(=O)O)s1. The predicted octanol–water partition coefficient (Wildman–Crippen LogP) is 2.76. The first-order chi connectivity index (χ1) is 12.0. The summed E-state index contributed by atoms with van der Waals surface area (Å²) in [6, 6.07) is 4.70. The molecule has 0 spiro atoms. The molecule has 0 radical (unpaired) electrons. The first kappa shape index (κ1) is 18.0. The average molecular weight is 401 g/mol. The molecular weight excluding hydrogens is 386 g/mol. The van der Waals surface area contributed by atoms with Crippen molar-refractivity contribution in [1.82, 2.24) is 10.2 Å². The van der Waals surface area contributed by atoms with E-state index in [1.807, 2.05) is 11.8 Å². The molecular formula is C13H15N5O4S3. The number of nitrogens with zero attached hydrogens (tertiary/aromatic N) is 5. The molecule has 1 aromatic heterocycles. The summed E-state index contributed by atoms with van der Waals surface area (Å²) < 4.78 is 37.9. The van der Waals surface area contributed by atoms with Gasteiger partial charge in [-0.15, -0.1) is 15.3 Å². The number of methoxy groups -OCH3 is 1. The fourth-order valence-corrected chi connectivity index (χ4v) is 4.26. The third-order valence-electron chi connectivity index (χ3n) is 3.41. The van der Waals surface area contributed by atoms with E-state index < -0.39 is 10.1 Å². The number of azo groups is 1. The van der Waals surface area contributed by atoms with Crippen molar-refractivity contribution >= 4 is 49.7 Å². The quantitative estimate of drug-likeness (QED) is 0.600. The minimum Gasteiger partial charge on any atom is -0.472 e. The van der Waals surface area contributed by atoms with E-state index in [9.17, 15) is 13.0 Å². The summed E-state index contributed by atoms with van der Waals surface area (Å²) in [6.07, 6.45) is 0. The number of hydrogen-bond acceptors (Lipinski definition) is 10. The van der Waals surface area contributed by atoms with Gasteiger partial charge in [0, 0.05) is 30.3 Å². The molecule has 0 bridgehead atoms. The van der Waals surface area contributed by atoms with Crippen molar-refractivity contribution in [3.8, 4) is 5.19 Å². The minimum atomic E-state index is -4.44. The average Bonchev–Trinajstić information content (AvgIpc) is 3.08. The molecule has 9 nitrogen and oxygen atoms in total. The van der Waals surface area contributed by atoms with Gasteiger partial charge in [-0.05, 0) is 29.5 Å². The van der Waals surface area contributed by atoms with E-state index in [0.29, 0.717) is 5.19 Å². The minimum absolute atomic E-state index is 0.0341. The van der Waals surface area contributed by atoms with Crippen molar-refractivity contribution in [2.75, 3.05) is 36.6 Å². The van der Waals surface area contributed by atoms with Crippen molar-refractivity contribution in [3.05, 3.63) is 18.2 Å². The maximum atomic E-state index is 11.7. The van der Waals surface area contributed by atoms with Gasteiger partial charge in [-0.2, -0.15) is 20.2 Å². The molecule has 1 aliphatic rings. The second-order valence-electron chi connectivity index (χ2n) is 4.98. The topological polar surface area (TPSA) is 117 Å². The molecule has 0 unspecified atom stereocenters. The standard InChI is InChI=1S/C13H15N5O4S3/c1-22-13-17-16-12(24-13)15-14-10-3-2-9(8-11(10)25(19,20)21)18-4-6-23-7-5-18/h2-3,8H,4-7H2,1H3,(H,19,20,21). The van der Waals surface area contributed by atoms with Crippen LogP contribution >= 0.6 is 23.1 Å². The first-order valence-corrected chi connectivity index (χ1v) is 10.6.